The van der Waals surface area contributed by atoms with Crippen molar-refractivity contribution in [2.24, 2.45) is 0 Å². The molecule has 0 fully saturated rings. The third-order valence-electron chi connectivity index (χ3n) is 3.95. The predicted molar refractivity (Wildman–Crippen MR) is 101 cm³/mol. The molecule has 0 heterocycles. The van der Waals surface area contributed by atoms with Gasteiger partial charge in [-0.05, 0) is 42.0 Å². The highest BCUT2D eigenvalue weighted by Crippen LogP contribution is 2.19. The Labute approximate surface area is 153 Å². The fourth-order valence-electron chi connectivity index (χ4n) is 2.53. The fraction of sp³-hybridized carbons (Fsp3) is 0.300. The number of anilines is 1. The number of carbonyl (C=O) groups is 2. The molecular formula is C20H24N2O4. The molecule has 6 nitrogen and oxygen atoms in total. The summed E-state index contributed by atoms with van der Waals surface area (Å²) in [5.74, 6) is 1.31. The molecule has 1 N–H and O–H groups in total. The average molecular weight is 356 g/mol. The SMILES string of the molecule is COc1ccc(CC(=O)NCCN(C(C)=O)c2ccc(OC)cc2)cc1. The van der Waals surface area contributed by atoms with Gasteiger partial charge in [0.15, 0.2) is 0 Å². The number of hydrogen-bond donors (Lipinski definition) is 1. The number of ether oxygens (including phenoxy) is 2. The van der Waals surface area contributed by atoms with Crippen LogP contribution in [0.1, 0.15) is 12.5 Å². The smallest absolute Gasteiger partial charge is 0.224 e. The molecule has 2 rings (SSSR count). The summed E-state index contributed by atoms with van der Waals surface area (Å²) >= 11 is 0. The molecule has 0 atom stereocenters. The number of hydrogen-bond acceptors (Lipinski definition) is 4. The van der Waals surface area contributed by atoms with Gasteiger partial charge in [-0.15, -0.1) is 0 Å². The maximum atomic E-state index is 12.1. The van der Waals surface area contributed by atoms with Crippen LogP contribution in [0.25, 0.3) is 0 Å². The first-order chi connectivity index (χ1) is 12.5. The van der Waals surface area contributed by atoms with Gasteiger partial charge in [0.2, 0.25) is 11.8 Å². The van der Waals surface area contributed by atoms with Crippen LogP contribution in [-0.2, 0) is 16.0 Å². The Kier molecular flexibility index (Phi) is 7.02. The second-order valence-corrected chi connectivity index (χ2v) is 5.74. The molecule has 0 aliphatic carbocycles. The monoisotopic (exact) mass is 356 g/mol. The Balaban J connectivity index is 1.86. The molecule has 26 heavy (non-hydrogen) atoms. The van der Waals surface area contributed by atoms with E-state index in [2.05, 4.69) is 5.32 Å². The van der Waals surface area contributed by atoms with E-state index in [1.54, 1.807) is 31.3 Å². The van der Waals surface area contributed by atoms with E-state index in [0.29, 0.717) is 13.1 Å². The normalized spacial score (nSPS) is 10.1. The standard InChI is InChI=1S/C20H24N2O4/c1-15(23)22(17-6-10-19(26-3)11-7-17)13-12-21-20(24)14-16-4-8-18(25-2)9-5-16/h4-11H,12-14H2,1-3H3,(H,21,24). The summed E-state index contributed by atoms with van der Waals surface area (Å²) in [7, 11) is 3.20. The van der Waals surface area contributed by atoms with Crippen molar-refractivity contribution in [2.45, 2.75) is 13.3 Å². The summed E-state index contributed by atoms with van der Waals surface area (Å²) in [6.45, 7) is 2.28. The maximum absolute atomic E-state index is 12.1. The van der Waals surface area contributed by atoms with Gasteiger partial charge in [-0.1, -0.05) is 12.1 Å². The Morgan fingerprint density at radius 1 is 0.923 bits per heavy atom. The summed E-state index contributed by atoms with van der Waals surface area (Å²) in [5.41, 5.74) is 1.67. The number of methoxy groups -OCH3 is 2. The van der Waals surface area contributed by atoms with Gasteiger partial charge in [-0.25, -0.2) is 0 Å². The first kappa shape index (κ1) is 19.3. The first-order valence-electron chi connectivity index (χ1n) is 8.35. The minimum absolute atomic E-state index is 0.0837. The van der Waals surface area contributed by atoms with Crippen LogP contribution in [0.2, 0.25) is 0 Å². The molecule has 0 aliphatic heterocycles. The second kappa shape index (κ2) is 9.46. The van der Waals surface area contributed by atoms with Crippen molar-refractivity contribution in [1.29, 1.82) is 0 Å². The summed E-state index contributed by atoms with van der Waals surface area (Å²) in [6.07, 6.45) is 0.284. The molecule has 2 amide bonds. The van der Waals surface area contributed by atoms with Gasteiger partial charge >= 0.3 is 0 Å². The molecule has 2 aromatic carbocycles. The zero-order valence-electron chi connectivity index (χ0n) is 15.3. The molecule has 0 saturated heterocycles. The van der Waals surface area contributed by atoms with Crippen molar-refractivity contribution in [2.75, 3.05) is 32.2 Å². The minimum Gasteiger partial charge on any atom is -0.497 e. The van der Waals surface area contributed by atoms with Crippen molar-refractivity contribution in [3.05, 3.63) is 54.1 Å². The Morgan fingerprint density at radius 2 is 1.46 bits per heavy atom. The average Bonchev–Trinajstić information content (AvgIpc) is 2.66. The van der Waals surface area contributed by atoms with Gasteiger partial charge < -0.3 is 19.7 Å². The molecule has 138 valence electrons. The topological polar surface area (TPSA) is 67.9 Å². The number of carbonyl (C=O) groups excluding carboxylic acids is 2. The van der Waals surface area contributed by atoms with Crippen LogP contribution in [0.5, 0.6) is 11.5 Å². The number of benzene rings is 2. The van der Waals surface area contributed by atoms with E-state index < -0.39 is 0 Å². The summed E-state index contributed by atoms with van der Waals surface area (Å²) in [4.78, 5) is 25.6. The largest absolute Gasteiger partial charge is 0.497 e. The molecule has 0 radical (unpaired) electrons. The molecule has 0 saturated carbocycles. The van der Waals surface area contributed by atoms with Gasteiger partial charge in [0.05, 0.1) is 20.6 Å². The highest BCUT2D eigenvalue weighted by Gasteiger charge is 2.12. The lowest BCUT2D eigenvalue weighted by molar-refractivity contribution is -0.121. The van der Waals surface area contributed by atoms with Gasteiger partial charge in [0.1, 0.15) is 11.5 Å². The minimum atomic E-state index is -0.0894. The third-order valence-corrected chi connectivity index (χ3v) is 3.95. The first-order valence-corrected chi connectivity index (χ1v) is 8.35. The van der Waals surface area contributed by atoms with E-state index in [-0.39, 0.29) is 18.2 Å². The van der Waals surface area contributed by atoms with Gasteiger partial charge in [0.25, 0.3) is 0 Å². The van der Waals surface area contributed by atoms with Crippen LogP contribution in [0.15, 0.2) is 48.5 Å². The number of amides is 2. The highest BCUT2D eigenvalue weighted by atomic mass is 16.5. The Hall–Kier alpha value is -3.02. The van der Waals surface area contributed by atoms with Crippen molar-refractivity contribution in [1.82, 2.24) is 5.32 Å². The van der Waals surface area contributed by atoms with Gasteiger partial charge in [0, 0.05) is 25.7 Å². The van der Waals surface area contributed by atoms with Crippen LogP contribution in [0.3, 0.4) is 0 Å². The molecule has 0 bridgehead atoms. The summed E-state index contributed by atoms with van der Waals surface area (Å²) in [6, 6.07) is 14.6. The Bertz CT molecular complexity index is 726. The van der Waals surface area contributed by atoms with Crippen molar-refractivity contribution >= 4 is 17.5 Å². The van der Waals surface area contributed by atoms with Gasteiger partial charge in [-0.3, -0.25) is 9.59 Å². The summed E-state index contributed by atoms with van der Waals surface area (Å²) in [5, 5.41) is 2.85. The number of rotatable bonds is 8. The molecule has 2 aromatic rings. The van der Waals surface area contributed by atoms with Crippen LogP contribution >= 0.6 is 0 Å². The number of nitrogens with zero attached hydrogens (tertiary/aromatic N) is 1. The lowest BCUT2D eigenvalue weighted by Gasteiger charge is -2.21. The molecule has 0 unspecified atom stereocenters. The van der Waals surface area contributed by atoms with E-state index in [1.807, 2.05) is 36.4 Å². The highest BCUT2D eigenvalue weighted by molar-refractivity contribution is 5.91. The molecule has 0 spiro atoms. The quantitative estimate of drug-likeness (QED) is 0.789. The van der Waals surface area contributed by atoms with Crippen molar-refractivity contribution in [3.8, 4) is 11.5 Å². The van der Waals surface area contributed by atoms with Crippen LogP contribution < -0.4 is 19.7 Å². The zero-order chi connectivity index (χ0) is 18.9. The van der Waals surface area contributed by atoms with Crippen molar-refractivity contribution < 1.29 is 19.1 Å². The Morgan fingerprint density at radius 3 is 1.96 bits per heavy atom. The van der Waals surface area contributed by atoms with E-state index in [9.17, 15) is 9.59 Å². The molecule has 6 heteroatoms. The van der Waals surface area contributed by atoms with Gasteiger partial charge in [-0.2, -0.15) is 0 Å². The molecular weight excluding hydrogens is 332 g/mol. The lowest BCUT2D eigenvalue weighted by Crippen LogP contribution is -2.38. The fourth-order valence-corrected chi connectivity index (χ4v) is 2.53. The second-order valence-electron chi connectivity index (χ2n) is 5.74. The zero-order valence-corrected chi connectivity index (χ0v) is 15.3. The van der Waals surface area contributed by atoms with E-state index in [1.165, 1.54) is 6.92 Å². The lowest BCUT2D eigenvalue weighted by atomic mass is 10.1. The van der Waals surface area contributed by atoms with Crippen LogP contribution in [0.4, 0.5) is 5.69 Å². The van der Waals surface area contributed by atoms with Crippen LogP contribution in [0, 0.1) is 0 Å². The van der Waals surface area contributed by atoms with E-state index >= 15 is 0 Å². The van der Waals surface area contributed by atoms with Crippen molar-refractivity contribution in [3.63, 3.8) is 0 Å². The molecule has 0 aliphatic rings. The summed E-state index contributed by atoms with van der Waals surface area (Å²) < 4.78 is 10.2. The van der Waals surface area contributed by atoms with E-state index in [0.717, 1.165) is 22.7 Å². The number of nitrogens with one attached hydrogen (secondary N) is 1. The molecule has 0 aromatic heterocycles. The van der Waals surface area contributed by atoms with E-state index in [4.69, 9.17) is 9.47 Å². The van der Waals surface area contributed by atoms with Crippen LogP contribution in [-0.4, -0.2) is 39.1 Å². The maximum Gasteiger partial charge on any atom is 0.224 e. The predicted octanol–water partition coefficient (Wildman–Crippen LogP) is 2.42. The third kappa shape index (κ3) is 5.51.